The molecule has 6 nitrogen and oxygen atoms in total. The number of ether oxygens (including phenoxy) is 1. The highest BCUT2D eigenvalue weighted by Gasteiger charge is 2.47. The van der Waals surface area contributed by atoms with Crippen molar-refractivity contribution in [1.29, 1.82) is 0 Å². The molecular formula is C25H23N3O3. The Hall–Kier alpha value is -3.67. The van der Waals surface area contributed by atoms with Crippen LogP contribution in [0.15, 0.2) is 59.3 Å². The molecular weight excluding hydrogens is 390 g/mol. The van der Waals surface area contributed by atoms with E-state index in [0.29, 0.717) is 23.0 Å². The first kappa shape index (κ1) is 19.3. The molecule has 156 valence electrons. The summed E-state index contributed by atoms with van der Waals surface area (Å²) in [5.41, 5.74) is 3.92. The normalized spacial score (nSPS) is 14.4. The van der Waals surface area contributed by atoms with Crippen molar-refractivity contribution in [2.45, 2.75) is 32.2 Å². The van der Waals surface area contributed by atoms with Gasteiger partial charge >= 0.3 is 0 Å². The van der Waals surface area contributed by atoms with E-state index < -0.39 is 5.54 Å². The van der Waals surface area contributed by atoms with Crippen LogP contribution < -0.4 is 10.1 Å². The minimum absolute atomic E-state index is 0.105. The number of amides is 1. The summed E-state index contributed by atoms with van der Waals surface area (Å²) in [5.74, 6) is 1.86. The predicted molar refractivity (Wildman–Crippen MR) is 118 cm³/mol. The summed E-state index contributed by atoms with van der Waals surface area (Å²) in [4.78, 5) is 22.0. The fourth-order valence-electron chi connectivity index (χ4n) is 4.06. The van der Waals surface area contributed by atoms with Gasteiger partial charge in [0.15, 0.2) is 11.7 Å². The summed E-state index contributed by atoms with van der Waals surface area (Å²) >= 11 is 0. The van der Waals surface area contributed by atoms with Crippen molar-refractivity contribution in [2.24, 2.45) is 0 Å². The molecule has 1 amide bonds. The van der Waals surface area contributed by atoms with E-state index in [4.69, 9.17) is 9.15 Å². The van der Waals surface area contributed by atoms with Gasteiger partial charge in [0.1, 0.15) is 5.75 Å². The van der Waals surface area contributed by atoms with Crippen molar-refractivity contribution in [3.63, 3.8) is 0 Å². The third-order valence-corrected chi connectivity index (χ3v) is 5.93. The topological polar surface area (TPSA) is 77.2 Å². The number of fused-ring (bicyclic) bond motifs is 1. The number of carbonyl (C=O) groups is 1. The Bertz CT molecular complexity index is 1300. The van der Waals surface area contributed by atoms with Crippen LogP contribution in [0.1, 0.15) is 40.2 Å². The third kappa shape index (κ3) is 3.44. The average molecular weight is 413 g/mol. The van der Waals surface area contributed by atoms with E-state index in [-0.39, 0.29) is 5.91 Å². The molecule has 0 radical (unpaired) electrons. The number of aryl methyl sites for hydroxylation is 2. The molecule has 0 saturated heterocycles. The van der Waals surface area contributed by atoms with E-state index >= 15 is 0 Å². The summed E-state index contributed by atoms with van der Waals surface area (Å²) < 4.78 is 11.1. The number of carbonyl (C=O) groups excluding carboxylic acids is 1. The van der Waals surface area contributed by atoms with Crippen LogP contribution in [0.5, 0.6) is 5.75 Å². The first-order chi connectivity index (χ1) is 15.0. The maximum absolute atomic E-state index is 13.2. The summed E-state index contributed by atoms with van der Waals surface area (Å²) in [7, 11) is 1.60. The summed E-state index contributed by atoms with van der Waals surface area (Å²) in [6.45, 7) is 3.75. The number of pyridine rings is 1. The van der Waals surface area contributed by atoms with Gasteiger partial charge in [0, 0.05) is 29.6 Å². The summed E-state index contributed by atoms with van der Waals surface area (Å²) in [6.07, 6.45) is 5.23. The summed E-state index contributed by atoms with van der Waals surface area (Å²) in [5, 5.41) is 4.33. The number of methoxy groups -OCH3 is 1. The standard InChI is InChI=1S/C25H23N3O3/c1-15-6-7-18(30-3)13-20(15)24(29)28-25(8-9-25)21-11-17(23-14-27-16(2)31-23)12-22-19(21)5-4-10-26-22/h4-7,10-14H,8-9H2,1-3H3,(H,28,29). The lowest BCUT2D eigenvalue weighted by Gasteiger charge is -2.21. The zero-order chi connectivity index (χ0) is 21.6. The molecule has 6 heteroatoms. The lowest BCUT2D eigenvalue weighted by Crippen LogP contribution is -2.35. The first-order valence-electron chi connectivity index (χ1n) is 10.3. The van der Waals surface area contributed by atoms with E-state index in [1.54, 1.807) is 25.6 Å². The smallest absolute Gasteiger partial charge is 0.252 e. The van der Waals surface area contributed by atoms with E-state index in [0.717, 1.165) is 40.4 Å². The predicted octanol–water partition coefficient (Wildman–Crippen LogP) is 4.93. The molecule has 2 aromatic heterocycles. The highest BCUT2D eigenvalue weighted by molar-refractivity contribution is 5.98. The highest BCUT2D eigenvalue weighted by atomic mass is 16.5. The molecule has 2 heterocycles. The molecule has 0 unspecified atom stereocenters. The van der Waals surface area contributed by atoms with Crippen LogP contribution in [0.4, 0.5) is 0 Å². The van der Waals surface area contributed by atoms with Gasteiger partial charge in [0.05, 0.1) is 24.4 Å². The van der Waals surface area contributed by atoms with Crippen LogP contribution in [0, 0.1) is 13.8 Å². The van der Waals surface area contributed by atoms with Gasteiger partial charge in [0.25, 0.3) is 5.91 Å². The van der Waals surface area contributed by atoms with Crippen molar-refractivity contribution in [3.8, 4) is 17.1 Å². The maximum atomic E-state index is 13.2. The first-order valence-corrected chi connectivity index (χ1v) is 10.3. The van der Waals surface area contributed by atoms with Crippen molar-refractivity contribution in [1.82, 2.24) is 15.3 Å². The molecule has 1 fully saturated rings. The van der Waals surface area contributed by atoms with Gasteiger partial charge in [-0.05, 0) is 61.2 Å². The number of rotatable bonds is 5. The number of hydrogen-bond donors (Lipinski definition) is 1. The lowest BCUT2D eigenvalue weighted by molar-refractivity contribution is 0.0930. The Morgan fingerprint density at radius 2 is 1.97 bits per heavy atom. The Balaban J connectivity index is 1.58. The van der Waals surface area contributed by atoms with Gasteiger partial charge in [-0.25, -0.2) is 4.98 Å². The molecule has 4 aromatic rings. The molecule has 0 aliphatic heterocycles. The number of hydrogen-bond acceptors (Lipinski definition) is 5. The van der Waals surface area contributed by atoms with Crippen LogP contribution in [0.25, 0.3) is 22.2 Å². The van der Waals surface area contributed by atoms with Gasteiger partial charge in [-0.2, -0.15) is 0 Å². The van der Waals surface area contributed by atoms with Crippen molar-refractivity contribution < 1.29 is 13.9 Å². The lowest BCUT2D eigenvalue weighted by atomic mass is 9.95. The molecule has 0 atom stereocenters. The number of nitrogens with one attached hydrogen (secondary N) is 1. The second-order valence-corrected chi connectivity index (χ2v) is 8.05. The van der Waals surface area contributed by atoms with Crippen LogP contribution in [-0.2, 0) is 5.54 Å². The van der Waals surface area contributed by atoms with E-state index in [1.807, 2.05) is 38.1 Å². The second kappa shape index (κ2) is 7.23. The van der Waals surface area contributed by atoms with Crippen molar-refractivity contribution in [2.75, 3.05) is 7.11 Å². The van der Waals surface area contributed by atoms with Gasteiger partial charge in [-0.15, -0.1) is 0 Å². The Kier molecular flexibility index (Phi) is 4.50. The molecule has 5 rings (SSSR count). The third-order valence-electron chi connectivity index (χ3n) is 5.93. The van der Waals surface area contributed by atoms with E-state index in [9.17, 15) is 4.79 Å². The zero-order valence-electron chi connectivity index (χ0n) is 17.7. The number of aromatic nitrogens is 2. The molecule has 2 aromatic carbocycles. The van der Waals surface area contributed by atoms with Crippen LogP contribution in [0.3, 0.4) is 0 Å². The van der Waals surface area contributed by atoms with E-state index in [1.165, 1.54) is 0 Å². The Labute approximate surface area is 180 Å². The molecule has 0 spiro atoms. The average Bonchev–Trinajstić information content (AvgIpc) is 3.43. The monoisotopic (exact) mass is 413 g/mol. The van der Waals surface area contributed by atoms with Gasteiger partial charge in [-0.1, -0.05) is 12.1 Å². The number of nitrogens with zero attached hydrogens (tertiary/aromatic N) is 2. The minimum Gasteiger partial charge on any atom is -0.497 e. The summed E-state index contributed by atoms with van der Waals surface area (Å²) in [6, 6.07) is 13.6. The molecule has 0 bridgehead atoms. The van der Waals surface area contributed by atoms with Gasteiger partial charge in [0.2, 0.25) is 0 Å². The van der Waals surface area contributed by atoms with Crippen LogP contribution in [-0.4, -0.2) is 23.0 Å². The molecule has 1 N–H and O–H groups in total. The zero-order valence-corrected chi connectivity index (χ0v) is 17.7. The fraction of sp³-hybridized carbons (Fsp3) is 0.240. The highest BCUT2D eigenvalue weighted by Crippen LogP contribution is 2.49. The minimum atomic E-state index is -0.432. The Morgan fingerprint density at radius 1 is 1.13 bits per heavy atom. The Morgan fingerprint density at radius 3 is 2.68 bits per heavy atom. The quantitative estimate of drug-likeness (QED) is 0.502. The second-order valence-electron chi connectivity index (χ2n) is 8.05. The maximum Gasteiger partial charge on any atom is 0.252 e. The number of oxazole rings is 1. The molecule has 1 aliphatic carbocycles. The molecule has 1 saturated carbocycles. The fourth-order valence-corrected chi connectivity index (χ4v) is 4.06. The van der Waals surface area contributed by atoms with Crippen molar-refractivity contribution >= 4 is 16.8 Å². The largest absolute Gasteiger partial charge is 0.497 e. The number of benzene rings is 2. The molecule has 1 aliphatic rings. The van der Waals surface area contributed by atoms with E-state index in [2.05, 4.69) is 27.4 Å². The van der Waals surface area contributed by atoms with Crippen molar-refractivity contribution in [3.05, 3.63) is 77.4 Å². The molecule has 31 heavy (non-hydrogen) atoms. The van der Waals surface area contributed by atoms with Gasteiger partial charge in [-0.3, -0.25) is 9.78 Å². The van der Waals surface area contributed by atoms with Crippen LogP contribution in [0.2, 0.25) is 0 Å². The van der Waals surface area contributed by atoms with Crippen LogP contribution >= 0.6 is 0 Å². The SMILES string of the molecule is COc1ccc(C)c(C(=O)NC2(c3cc(-c4cnc(C)o4)cc4ncccc34)CC2)c1. The van der Waals surface area contributed by atoms with Gasteiger partial charge < -0.3 is 14.5 Å².